The molecular weight excluding hydrogens is 334 g/mol. The van der Waals surface area contributed by atoms with Gasteiger partial charge >= 0.3 is 5.97 Å². The van der Waals surface area contributed by atoms with E-state index in [0.717, 1.165) is 0 Å². The largest absolute Gasteiger partial charge is 0.480 e. The molecule has 0 bridgehead atoms. The average molecular weight is 359 g/mol. The number of nitrogens with zero attached hydrogens (tertiary/aromatic N) is 1. The van der Waals surface area contributed by atoms with Crippen LogP contribution in [0.2, 0.25) is 0 Å². The van der Waals surface area contributed by atoms with Gasteiger partial charge in [0.1, 0.15) is 12.1 Å². The van der Waals surface area contributed by atoms with Crippen LogP contribution in [0.1, 0.15) is 19.8 Å². The normalized spacial score (nSPS) is 12.4. The van der Waals surface area contributed by atoms with Gasteiger partial charge in [-0.1, -0.05) is 0 Å². The van der Waals surface area contributed by atoms with Gasteiger partial charge in [0.05, 0.1) is 13.1 Å². The molecule has 0 aliphatic heterocycles. The highest BCUT2D eigenvalue weighted by Gasteiger charge is 2.23. The third-order valence-electron chi connectivity index (χ3n) is 2.96. The van der Waals surface area contributed by atoms with Crippen molar-refractivity contribution in [2.45, 2.75) is 31.8 Å². The molecule has 0 saturated carbocycles. The number of carboxylic acids is 1. The minimum absolute atomic E-state index is 0.103. The Labute approximate surface area is 144 Å². The zero-order valence-corrected chi connectivity index (χ0v) is 13.9. The van der Waals surface area contributed by atoms with Crippen molar-refractivity contribution in [3.8, 4) is 0 Å². The van der Waals surface area contributed by atoms with Crippen LogP contribution >= 0.6 is 0 Å². The minimum atomic E-state index is -1.21. The van der Waals surface area contributed by atoms with Crippen molar-refractivity contribution in [2.24, 2.45) is 22.2 Å². The number of aliphatic imine (C=N–C) groups is 1. The molecule has 10 N–H and O–H groups in total. The van der Waals surface area contributed by atoms with Gasteiger partial charge in [-0.2, -0.15) is 0 Å². The molecule has 0 aromatic rings. The predicted molar refractivity (Wildman–Crippen MR) is 89.1 cm³/mol. The fraction of sp³-hybridized carbons (Fsp3) is 0.615. The fourth-order valence-corrected chi connectivity index (χ4v) is 1.64. The van der Waals surface area contributed by atoms with Gasteiger partial charge in [0.2, 0.25) is 17.7 Å². The van der Waals surface area contributed by atoms with Crippen LogP contribution in [0.4, 0.5) is 0 Å². The maximum absolute atomic E-state index is 12.1. The fourth-order valence-electron chi connectivity index (χ4n) is 1.64. The first-order valence-corrected chi connectivity index (χ1v) is 7.52. The van der Waals surface area contributed by atoms with E-state index in [2.05, 4.69) is 20.9 Å². The lowest BCUT2D eigenvalue weighted by Crippen LogP contribution is -2.52. The monoisotopic (exact) mass is 359 g/mol. The minimum Gasteiger partial charge on any atom is -0.480 e. The highest BCUT2D eigenvalue weighted by Crippen LogP contribution is 2.00. The number of rotatable bonds is 11. The van der Waals surface area contributed by atoms with E-state index >= 15 is 0 Å². The number of nitrogens with one attached hydrogen (secondary N) is 3. The topological polar surface area (TPSA) is 215 Å². The highest BCUT2D eigenvalue weighted by atomic mass is 16.4. The molecule has 0 aromatic heterocycles. The Hall–Kier alpha value is -2.89. The van der Waals surface area contributed by atoms with Crippen LogP contribution < -0.4 is 33.2 Å². The number of guanidine groups is 1. The van der Waals surface area contributed by atoms with Crippen molar-refractivity contribution >= 4 is 29.7 Å². The van der Waals surface area contributed by atoms with Gasteiger partial charge in [-0.05, 0) is 19.8 Å². The van der Waals surface area contributed by atoms with Gasteiger partial charge in [0, 0.05) is 6.54 Å². The molecule has 3 amide bonds. The summed E-state index contributed by atoms with van der Waals surface area (Å²) in [6.45, 7) is 0.897. The quantitative estimate of drug-likeness (QED) is 0.110. The molecule has 0 saturated heterocycles. The summed E-state index contributed by atoms with van der Waals surface area (Å²) in [5.41, 5.74) is 15.5. The number of nitrogens with two attached hydrogens (primary N) is 3. The SMILES string of the molecule is C[C@H](NC(=O)[C@H](CCCN=C(N)N)NC(=O)CNC(=O)CN)C(=O)O. The van der Waals surface area contributed by atoms with Gasteiger partial charge in [0.15, 0.2) is 5.96 Å². The van der Waals surface area contributed by atoms with E-state index in [9.17, 15) is 19.2 Å². The molecule has 0 radical (unpaired) electrons. The Morgan fingerprint density at radius 2 is 1.76 bits per heavy atom. The summed E-state index contributed by atoms with van der Waals surface area (Å²) in [6.07, 6.45) is 0.540. The first-order valence-electron chi connectivity index (χ1n) is 7.52. The van der Waals surface area contributed by atoms with Crippen molar-refractivity contribution in [2.75, 3.05) is 19.6 Å². The number of hydrogen-bond donors (Lipinski definition) is 7. The summed E-state index contributed by atoms with van der Waals surface area (Å²) in [5, 5.41) is 15.8. The van der Waals surface area contributed by atoms with Crippen molar-refractivity contribution < 1.29 is 24.3 Å². The second-order valence-corrected chi connectivity index (χ2v) is 5.12. The number of hydrogen-bond acceptors (Lipinski definition) is 6. The molecule has 0 aromatic carbocycles. The third kappa shape index (κ3) is 10.5. The number of aliphatic carboxylic acids is 1. The molecule has 0 rings (SSSR count). The summed E-state index contributed by atoms with van der Waals surface area (Å²) in [7, 11) is 0. The van der Waals surface area contributed by atoms with Gasteiger partial charge in [-0.25, -0.2) is 0 Å². The molecule has 0 heterocycles. The van der Waals surface area contributed by atoms with Crippen LogP contribution in [0.5, 0.6) is 0 Å². The molecule has 12 heteroatoms. The highest BCUT2D eigenvalue weighted by molar-refractivity contribution is 5.92. The lowest BCUT2D eigenvalue weighted by Gasteiger charge is -2.20. The number of carbonyl (C=O) groups excluding carboxylic acids is 3. The molecule has 0 fully saturated rings. The smallest absolute Gasteiger partial charge is 0.325 e. The standard InChI is InChI=1S/C13H25N7O5/c1-7(12(24)25)19-11(23)8(3-2-4-17-13(15)16)20-10(22)6-18-9(21)5-14/h7-8H,2-6,14H2,1H3,(H,18,21)(H,19,23)(H,20,22)(H,24,25)(H4,15,16,17)/t7-,8-/m0/s1. The van der Waals surface area contributed by atoms with Gasteiger partial charge in [0.25, 0.3) is 0 Å². The lowest BCUT2D eigenvalue weighted by molar-refractivity contribution is -0.141. The van der Waals surface area contributed by atoms with Crippen LogP contribution in [-0.4, -0.2) is 66.5 Å². The van der Waals surface area contributed by atoms with E-state index in [0.29, 0.717) is 6.42 Å². The summed E-state index contributed by atoms with van der Waals surface area (Å²) in [4.78, 5) is 49.6. The van der Waals surface area contributed by atoms with E-state index in [4.69, 9.17) is 22.3 Å². The maximum Gasteiger partial charge on any atom is 0.325 e. The first-order chi connectivity index (χ1) is 11.7. The third-order valence-corrected chi connectivity index (χ3v) is 2.96. The Bertz CT molecular complexity index is 519. The van der Waals surface area contributed by atoms with E-state index in [1.165, 1.54) is 6.92 Å². The van der Waals surface area contributed by atoms with E-state index in [1.807, 2.05) is 0 Å². The second kappa shape index (κ2) is 11.6. The molecule has 0 unspecified atom stereocenters. The summed E-state index contributed by atoms with van der Waals surface area (Å²) in [5.74, 6) is -3.13. The molecule has 2 atom stereocenters. The summed E-state index contributed by atoms with van der Waals surface area (Å²) < 4.78 is 0. The molecule has 0 spiro atoms. The van der Waals surface area contributed by atoms with Crippen molar-refractivity contribution in [3.05, 3.63) is 0 Å². The van der Waals surface area contributed by atoms with Crippen LogP contribution in [0, 0.1) is 0 Å². The van der Waals surface area contributed by atoms with Gasteiger partial charge in [-0.15, -0.1) is 0 Å². The molecule has 25 heavy (non-hydrogen) atoms. The molecule has 142 valence electrons. The van der Waals surface area contributed by atoms with Crippen molar-refractivity contribution in [1.82, 2.24) is 16.0 Å². The summed E-state index contributed by atoms with van der Waals surface area (Å²) in [6, 6.07) is -2.13. The number of carboxylic acid groups (broad SMARTS) is 1. The zero-order chi connectivity index (χ0) is 19.4. The number of amides is 3. The Kier molecular flexibility index (Phi) is 10.3. The summed E-state index contributed by atoms with van der Waals surface area (Å²) >= 11 is 0. The van der Waals surface area contributed by atoms with Crippen LogP contribution in [0.15, 0.2) is 4.99 Å². The second-order valence-electron chi connectivity index (χ2n) is 5.12. The molecular formula is C13H25N7O5. The maximum atomic E-state index is 12.1. The Morgan fingerprint density at radius 3 is 2.28 bits per heavy atom. The van der Waals surface area contributed by atoms with Crippen LogP contribution in [0.3, 0.4) is 0 Å². The van der Waals surface area contributed by atoms with E-state index < -0.39 is 35.8 Å². The van der Waals surface area contributed by atoms with Crippen molar-refractivity contribution in [1.29, 1.82) is 0 Å². The van der Waals surface area contributed by atoms with E-state index in [1.54, 1.807) is 0 Å². The van der Waals surface area contributed by atoms with Crippen LogP contribution in [-0.2, 0) is 19.2 Å². The van der Waals surface area contributed by atoms with Gasteiger partial charge in [-0.3, -0.25) is 24.2 Å². The predicted octanol–water partition coefficient (Wildman–Crippen LogP) is -3.81. The van der Waals surface area contributed by atoms with Gasteiger partial charge < -0.3 is 38.3 Å². The Morgan fingerprint density at radius 1 is 1.12 bits per heavy atom. The Balaban J connectivity index is 4.72. The van der Waals surface area contributed by atoms with Crippen LogP contribution in [0.25, 0.3) is 0 Å². The molecule has 0 aliphatic carbocycles. The zero-order valence-electron chi connectivity index (χ0n) is 13.9. The van der Waals surface area contributed by atoms with Crippen molar-refractivity contribution in [3.63, 3.8) is 0 Å². The molecule has 12 nitrogen and oxygen atoms in total. The number of carbonyl (C=O) groups is 4. The molecule has 0 aliphatic rings. The van der Waals surface area contributed by atoms with E-state index in [-0.39, 0.29) is 32.0 Å². The first kappa shape index (κ1) is 22.1. The average Bonchev–Trinajstić information content (AvgIpc) is 2.54. The lowest BCUT2D eigenvalue weighted by atomic mass is 10.1.